The molecule has 0 radical (unpaired) electrons. The van der Waals surface area contributed by atoms with Gasteiger partial charge in [0.2, 0.25) is 5.28 Å². The molecule has 1 fully saturated rings. The summed E-state index contributed by atoms with van der Waals surface area (Å²) in [5.41, 5.74) is 1.75. The van der Waals surface area contributed by atoms with E-state index in [4.69, 9.17) is 16.3 Å². The standard InChI is InChI=1S/C20H21ClN6O4S2/c1-2-12(33-20-23-9-5-3-4-6-11(9)32-20)24-16-13-17(26-19(21)25-16)27(8-22-13)18-15(30)14(29)10(7-28)31-18/h3-6,8,10,12,14-15,18,28-30H,2,7H2,1H3,(H,24,25,26)/t10-,12+,14?,15?,18-/m1/s1. The number of anilines is 1. The van der Waals surface area contributed by atoms with Gasteiger partial charge < -0.3 is 25.4 Å². The Morgan fingerprint density at radius 2 is 2.06 bits per heavy atom. The summed E-state index contributed by atoms with van der Waals surface area (Å²) in [5.74, 6) is 0.441. The van der Waals surface area contributed by atoms with Crippen molar-refractivity contribution in [3.05, 3.63) is 35.9 Å². The summed E-state index contributed by atoms with van der Waals surface area (Å²) in [7, 11) is 0. The maximum atomic E-state index is 10.4. The molecule has 5 rings (SSSR count). The molecule has 2 unspecified atom stereocenters. The van der Waals surface area contributed by atoms with Gasteiger partial charge in [-0.1, -0.05) is 30.8 Å². The van der Waals surface area contributed by atoms with Crippen molar-refractivity contribution in [1.29, 1.82) is 0 Å². The number of hydrogen-bond acceptors (Lipinski definition) is 11. The van der Waals surface area contributed by atoms with Crippen LogP contribution in [0.15, 0.2) is 34.9 Å². The number of hydrogen-bond donors (Lipinski definition) is 4. The van der Waals surface area contributed by atoms with Crippen molar-refractivity contribution >= 4 is 61.9 Å². The van der Waals surface area contributed by atoms with Crippen LogP contribution in [-0.2, 0) is 4.74 Å². The molecule has 0 spiro atoms. The van der Waals surface area contributed by atoms with Crippen LogP contribution < -0.4 is 5.32 Å². The van der Waals surface area contributed by atoms with E-state index in [-0.39, 0.29) is 10.7 Å². The molecule has 5 atom stereocenters. The molecule has 3 aromatic heterocycles. The van der Waals surface area contributed by atoms with Crippen LogP contribution >= 0.6 is 34.7 Å². The molecule has 0 aliphatic carbocycles. The zero-order valence-electron chi connectivity index (χ0n) is 17.4. The zero-order valence-corrected chi connectivity index (χ0v) is 19.8. The highest BCUT2D eigenvalue weighted by Crippen LogP contribution is 2.36. The van der Waals surface area contributed by atoms with Gasteiger partial charge in [-0.05, 0) is 30.2 Å². The molecule has 1 saturated heterocycles. The fraction of sp³-hybridized carbons (Fsp3) is 0.400. The number of aliphatic hydroxyl groups excluding tert-OH is 3. The van der Waals surface area contributed by atoms with Gasteiger partial charge in [0.1, 0.15) is 18.3 Å². The van der Waals surface area contributed by atoms with Crippen LogP contribution in [0, 0.1) is 0 Å². The van der Waals surface area contributed by atoms with Crippen LogP contribution in [-0.4, -0.2) is 70.1 Å². The maximum Gasteiger partial charge on any atom is 0.226 e. The van der Waals surface area contributed by atoms with Gasteiger partial charge in [0.15, 0.2) is 27.5 Å². The smallest absolute Gasteiger partial charge is 0.226 e. The van der Waals surface area contributed by atoms with Gasteiger partial charge in [0, 0.05) is 0 Å². The van der Waals surface area contributed by atoms with Crippen LogP contribution in [0.4, 0.5) is 5.82 Å². The Morgan fingerprint density at radius 1 is 1.24 bits per heavy atom. The number of nitrogens with one attached hydrogen (secondary N) is 1. The Bertz CT molecular complexity index is 1250. The third-order valence-corrected chi connectivity index (χ3v) is 7.94. The predicted octanol–water partition coefficient (Wildman–Crippen LogP) is 2.64. The Kier molecular flexibility index (Phi) is 6.40. The van der Waals surface area contributed by atoms with Crippen molar-refractivity contribution in [3.63, 3.8) is 0 Å². The molecule has 4 N–H and O–H groups in total. The molecule has 1 aliphatic heterocycles. The average molecular weight is 509 g/mol. The highest BCUT2D eigenvalue weighted by Gasteiger charge is 2.44. The lowest BCUT2D eigenvalue weighted by molar-refractivity contribution is -0.0511. The van der Waals surface area contributed by atoms with Crippen LogP contribution in [0.3, 0.4) is 0 Å². The van der Waals surface area contributed by atoms with Crippen molar-refractivity contribution in [2.75, 3.05) is 11.9 Å². The molecule has 33 heavy (non-hydrogen) atoms. The van der Waals surface area contributed by atoms with Crippen molar-refractivity contribution in [3.8, 4) is 0 Å². The summed E-state index contributed by atoms with van der Waals surface area (Å²) in [4.78, 5) is 17.7. The number of aromatic nitrogens is 5. The molecular formula is C20H21ClN6O4S2. The molecule has 4 aromatic rings. The Balaban J connectivity index is 1.43. The molecule has 174 valence electrons. The van der Waals surface area contributed by atoms with Gasteiger partial charge in [-0.2, -0.15) is 9.97 Å². The first-order valence-electron chi connectivity index (χ1n) is 10.3. The summed E-state index contributed by atoms with van der Waals surface area (Å²) in [6.45, 7) is 1.63. The predicted molar refractivity (Wildman–Crippen MR) is 127 cm³/mol. The maximum absolute atomic E-state index is 10.4. The molecule has 0 amide bonds. The van der Waals surface area contributed by atoms with Crippen LogP contribution in [0.5, 0.6) is 0 Å². The first kappa shape index (κ1) is 22.7. The van der Waals surface area contributed by atoms with E-state index in [2.05, 4.69) is 32.2 Å². The van der Waals surface area contributed by atoms with Gasteiger partial charge in [-0.3, -0.25) is 4.57 Å². The van der Waals surface area contributed by atoms with E-state index < -0.39 is 31.1 Å². The largest absolute Gasteiger partial charge is 0.394 e. The van der Waals surface area contributed by atoms with Crippen molar-refractivity contribution in [2.24, 2.45) is 0 Å². The lowest BCUT2D eigenvalue weighted by atomic mass is 10.1. The van der Waals surface area contributed by atoms with Crippen LogP contribution in [0.25, 0.3) is 21.4 Å². The first-order chi connectivity index (χ1) is 16.0. The van der Waals surface area contributed by atoms with Crippen LogP contribution in [0.2, 0.25) is 5.28 Å². The fourth-order valence-corrected chi connectivity index (χ4v) is 6.08. The number of thiazole rings is 1. The quantitative estimate of drug-likeness (QED) is 0.167. The van der Waals surface area contributed by atoms with E-state index >= 15 is 0 Å². The Morgan fingerprint density at radius 3 is 2.79 bits per heavy atom. The van der Waals surface area contributed by atoms with Gasteiger partial charge >= 0.3 is 0 Å². The van der Waals surface area contributed by atoms with Crippen molar-refractivity contribution < 1.29 is 20.1 Å². The average Bonchev–Trinajstić information content (AvgIpc) is 3.49. The third kappa shape index (κ3) is 4.28. The summed E-state index contributed by atoms with van der Waals surface area (Å²) in [6.07, 6.45) is -2.15. The SMILES string of the molecule is CC[C@@H](Nc1nc(Cl)nc2c1ncn2[C@@H]1O[C@H](CO)C(O)C1O)Sc1nc2ccccc2s1. The van der Waals surface area contributed by atoms with Gasteiger partial charge in [0.05, 0.1) is 28.5 Å². The Hall–Kier alpha value is -2.06. The lowest BCUT2D eigenvalue weighted by Gasteiger charge is -2.18. The number of para-hydroxylation sites is 1. The second-order valence-electron chi connectivity index (χ2n) is 7.50. The molecule has 1 aliphatic rings. The zero-order chi connectivity index (χ0) is 23.1. The minimum atomic E-state index is -1.26. The topological polar surface area (TPSA) is 138 Å². The minimum Gasteiger partial charge on any atom is -0.394 e. The molecule has 1 aromatic carbocycles. The van der Waals surface area contributed by atoms with E-state index in [1.807, 2.05) is 24.3 Å². The number of nitrogens with zero attached hydrogens (tertiary/aromatic N) is 5. The first-order valence-corrected chi connectivity index (χ1v) is 12.4. The number of imidazole rings is 1. The molecular weight excluding hydrogens is 488 g/mol. The second kappa shape index (κ2) is 9.29. The summed E-state index contributed by atoms with van der Waals surface area (Å²) in [5, 5.41) is 33.2. The number of aliphatic hydroxyl groups is 3. The van der Waals surface area contributed by atoms with E-state index in [1.54, 1.807) is 23.1 Å². The second-order valence-corrected chi connectivity index (χ2v) is 10.3. The normalized spacial score (nSPS) is 24.0. The summed E-state index contributed by atoms with van der Waals surface area (Å²) in [6, 6.07) is 7.99. The van der Waals surface area contributed by atoms with E-state index in [0.29, 0.717) is 17.0 Å². The molecule has 4 heterocycles. The highest BCUT2D eigenvalue weighted by atomic mass is 35.5. The minimum absolute atomic E-state index is 0.00154. The molecule has 10 nitrogen and oxygen atoms in total. The number of ether oxygens (including phenoxy) is 1. The molecule has 13 heteroatoms. The molecule has 0 bridgehead atoms. The van der Waals surface area contributed by atoms with Gasteiger partial charge in [0.25, 0.3) is 0 Å². The monoisotopic (exact) mass is 508 g/mol. The Labute approximate surface area is 201 Å². The molecule has 0 saturated carbocycles. The van der Waals surface area contributed by atoms with Gasteiger partial charge in [-0.15, -0.1) is 11.3 Å². The van der Waals surface area contributed by atoms with Gasteiger partial charge in [-0.25, -0.2) is 9.97 Å². The van der Waals surface area contributed by atoms with Crippen molar-refractivity contribution in [2.45, 2.75) is 47.6 Å². The van der Waals surface area contributed by atoms with E-state index in [0.717, 1.165) is 21.0 Å². The summed E-state index contributed by atoms with van der Waals surface area (Å²) >= 11 is 9.43. The van der Waals surface area contributed by atoms with Crippen molar-refractivity contribution in [1.82, 2.24) is 24.5 Å². The lowest BCUT2D eigenvalue weighted by Crippen LogP contribution is -2.33. The third-order valence-electron chi connectivity index (χ3n) is 5.37. The fourth-order valence-electron chi connectivity index (χ4n) is 3.68. The number of rotatable bonds is 7. The highest BCUT2D eigenvalue weighted by molar-refractivity contribution is 8.01. The number of fused-ring (bicyclic) bond motifs is 2. The number of halogens is 1. The summed E-state index contributed by atoms with van der Waals surface area (Å²) < 4.78 is 9.16. The van der Waals surface area contributed by atoms with E-state index in [9.17, 15) is 15.3 Å². The van der Waals surface area contributed by atoms with E-state index in [1.165, 1.54) is 10.9 Å². The number of thioether (sulfide) groups is 1. The van der Waals surface area contributed by atoms with Crippen LogP contribution in [0.1, 0.15) is 19.6 Å². The number of benzene rings is 1.